The van der Waals surface area contributed by atoms with E-state index in [1.54, 1.807) is 7.11 Å². The highest BCUT2D eigenvalue weighted by Crippen LogP contribution is 2.38. The van der Waals surface area contributed by atoms with E-state index in [-0.39, 0.29) is 6.10 Å². The van der Waals surface area contributed by atoms with E-state index in [0.29, 0.717) is 0 Å². The van der Waals surface area contributed by atoms with E-state index >= 15 is 0 Å². The lowest BCUT2D eigenvalue weighted by Gasteiger charge is -2.33. The molecule has 2 aliphatic heterocycles. The lowest BCUT2D eigenvalue weighted by molar-refractivity contribution is 0.0346. The van der Waals surface area contributed by atoms with Crippen LogP contribution < -0.4 is 15.0 Å². The zero-order valence-corrected chi connectivity index (χ0v) is 13.9. The number of morpholine rings is 1. The van der Waals surface area contributed by atoms with Crippen LogP contribution in [0.3, 0.4) is 0 Å². The fourth-order valence-corrected chi connectivity index (χ4v) is 3.35. The van der Waals surface area contributed by atoms with Gasteiger partial charge in [0.05, 0.1) is 32.1 Å². The number of para-hydroxylation sites is 1. The molecule has 0 spiro atoms. The van der Waals surface area contributed by atoms with Crippen molar-refractivity contribution in [2.24, 2.45) is 0 Å². The maximum absolute atomic E-state index is 5.95. The molecule has 0 bridgehead atoms. The summed E-state index contributed by atoms with van der Waals surface area (Å²) in [6, 6.07) is 14.7. The maximum Gasteiger partial charge on any atom is 0.120 e. The molecule has 0 saturated carbocycles. The predicted octanol–water partition coefficient (Wildman–Crippen LogP) is 3.31. The summed E-state index contributed by atoms with van der Waals surface area (Å²) in [6.45, 7) is 3.39. The van der Waals surface area contributed by atoms with Crippen molar-refractivity contribution < 1.29 is 9.47 Å². The molecule has 2 heterocycles. The molecule has 1 N–H and O–H groups in total. The molecule has 4 nitrogen and oxygen atoms in total. The minimum Gasteiger partial charge on any atom is -0.497 e. The largest absolute Gasteiger partial charge is 0.497 e. The molecule has 1 fully saturated rings. The Hall–Kier alpha value is -2.30. The van der Waals surface area contributed by atoms with Crippen molar-refractivity contribution >= 4 is 23.5 Å². The van der Waals surface area contributed by atoms with E-state index < -0.39 is 0 Å². The normalized spacial score (nSPS) is 19.4. The fourth-order valence-electron chi connectivity index (χ4n) is 3.35. The maximum atomic E-state index is 5.95. The van der Waals surface area contributed by atoms with E-state index in [1.165, 1.54) is 16.8 Å². The Morgan fingerprint density at radius 2 is 1.96 bits per heavy atom. The van der Waals surface area contributed by atoms with Crippen LogP contribution in [0.2, 0.25) is 0 Å². The summed E-state index contributed by atoms with van der Waals surface area (Å²) in [5.41, 5.74) is 4.77. The smallest absolute Gasteiger partial charge is 0.120 e. The van der Waals surface area contributed by atoms with Crippen molar-refractivity contribution in [1.82, 2.24) is 5.32 Å². The molecule has 4 rings (SSSR count). The second-order valence-corrected chi connectivity index (χ2v) is 6.12. The first-order chi connectivity index (χ1) is 11.8. The third kappa shape index (κ3) is 2.90. The summed E-state index contributed by atoms with van der Waals surface area (Å²) >= 11 is 0. The number of fused-ring (bicyclic) bond motifs is 2. The molecular formula is C20H22N2O2. The van der Waals surface area contributed by atoms with Gasteiger partial charge in [-0.3, -0.25) is 0 Å². The molecule has 1 unspecified atom stereocenters. The summed E-state index contributed by atoms with van der Waals surface area (Å²) in [7, 11) is 1.71. The molecule has 24 heavy (non-hydrogen) atoms. The standard InChI is InChI=1S/C20H22N2O2/c1-23-17-9-8-16-7-6-15-4-2-3-5-19(15)22(20(16)12-17)14-18-13-21-10-11-24-18/h2-9,12,18,21H,10-11,13-14H2,1H3. The van der Waals surface area contributed by atoms with Crippen molar-refractivity contribution in [3.63, 3.8) is 0 Å². The summed E-state index contributed by atoms with van der Waals surface area (Å²) in [5, 5.41) is 3.42. The van der Waals surface area contributed by atoms with Gasteiger partial charge in [0.1, 0.15) is 5.75 Å². The molecule has 0 aromatic heterocycles. The molecular weight excluding hydrogens is 300 g/mol. The Morgan fingerprint density at radius 3 is 2.75 bits per heavy atom. The van der Waals surface area contributed by atoms with Crippen LogP contribution in [0, 0.1) is 0 Å². The van der Waals surface area contributed by atoms with Crippen LogP contribution in [0.5, 0.6) is 5.75 Å². The zero-order valence-electron chi connectivity index (χ0n) is 13.9. The van der Waals surface area contributed by atoms with Gasteiger partial charge in [0.25, 0.3) is 0 Å². The Bertz CT molecular complexity index is 751. The quantitative estimate of drug-likeness (QED) is 0.940. The first-order valence-corrected chi connectivity index (χ1v) is 8.40. The van der Waals surface area contributed by atoms with E-state index in [4.69, 9.17) is 9.47 Å². The molecule has 0 radical (unpaired) electrons. The van der Waals surface area contributed by atoms with Crippen molar-refractivity contribution in [1.29, 1.82) is 0 Å². The minimum atomic E-state index is 0.170. The third-order valence-corrected chi connectivity index (χ3v) is 4.59. The summed E-state index contributed by atoms with van der Waals surface area (Å²) in [4.78, 5) is 2.35. The van der Waals surface area contributed by atoms with Crippen LogP contribution in [0.4, 0.5) is 11.4 Å². The van der Waals surface area contributed by atoms with E-state index in [0.717, 1.165) is 37.7 Å². The predicted molar refractivity (Wildman–Crippen MR) is 98.0 cm³/mol. The lowest BCUT2D eigenvalue weighted by Crippen LogP contribution is -2.44. The monoisotopic (exact) mass is 322 g/mol. The van der Waals surface area contributed by atoms with Gasteiger partial charge in [-0.1, -0.05) is 30.4 Å². The second-order valence-electron chi connectivity index (χ2n) is 6.12. The number of anilines is 2. The van der Waals surface area contributed by atoms with Gasteiger partial charge in [0.15, 0.2) is 0 Å². The minimum absolute atomic E-state index is 0.170. The average Bonchev–Trinajstić information content (AvgIpc) is 2.80. The first-order valence-electron chi connectivity index (χ1n) is 8.40. The number of benzene rings is 2. The van der Waals surface area contributed by atoms with Crippen LogP contribution in [0.1, 0.15) is 11.1 Å². The van der Waals surface area contributed by atoms with Gasteiger partial charge in [-0.25, -0.2) is 0 Å². The Kier molecular flexibility index (Phi) is 4.24. The molecule has 0 aliphatic carbocycles. The molecule has 2 aliphatic rings. The van der Waals surface area contributed by atoms with Crippen molar-refractivity contribution in [2.75, 3.05) is 38.3 Å². The number of nitrogens with zero attached hydrogens (tertiary/aromatic N) is 1. The van der Waals surface area contributed by atoms with Gasteiger partial charge in [-0.15, -0.1) is 0 Å². The number of hydrogen-bond donors (Lipinski definition) is 1. The molecule has 4 heteroatoms. The number of rotatable bonds is 3. The van der Waals surface area contributed by atoms with Gasteiger partial charge in [-0.05, 0) is 29.3 Å². The first kappa shape index (κ1) is 15.2. The van der Waals surface area contributed by atoms with Crippen molar-refractivity contribution in [3.05, 3.63) is 53.6 Å². The number of hydrogen-bond acceptors (Lipinski definition) is 4. The molecule has 1 atom stereocenters. The van der Waals surface area contributed by atoms with Crippen LogP contribution >= 0.6 is 0 Å². The van der Waals surface area contributed by atoms with Crippen LogP contribution in [-0.2, 0) is 4.74 Å². The molecule has 2 aromatic carbocycles. The fraction of sp³-hybridized carbons (Fsp3) is 0.300. The van der Waals surface area contributed by atoms with Gasteiger partial charge in [0.2, 0.25) is 0 Å². The molecule has 2 aromatic rings. The van der Waals surface area contributed by atoms with E-state index in [2.05, 4.69) is 58.8 Å². The highest BCUT2D eigenvalue weighted by atomic mass is 16.5. The number of ether oxygens (including phenoxy) is 2. The highest BCUT2D eigenvalue weighted by Gasteiger charge is 2.23. The van der Waals surface area contributed by atoms with Crippen molar-refractivity contribution in [3.8, 4) is 5.75 Å². The Morgan fingerprint density at radius 1 is 1.12 bits per heavy atom. The van der Waals surface area contributed by atoms with Gasteiger partial charge in [-0.2, -0.15) is 0 Å². The van der Waals surface area contributed by atoms with E-state index in [9.17, 15) is 0 Å². The van der Waals surface area contributed by atoms with Gasteiger partial charge < -0.3 is 19.7 Å². The summed E-state index contributed by atoms with van der Waals surface area (Å²) in [6.07, 6.45) is 4.53. The lowest BCUT2D eigenvalue weighted by atomic mass is 10.1. The van der Waals surface area contributed by atoms with Crippen LogP contribution in [0.15, 0.2) is 42.5 Å². The van der Waals surface area contributed by atoms with Crippen LogP contribution in [-0.4, -0.2) is 39.5 Å². The van der Waals surface area contributed by atoms with Gasteiger partial charge in [0, 0.05) is 24.8 Å². The highest BCUT2D eigenvalue weighted by molar-refractivity contribution is 5.89. The molecule has 0 amide bonds. The van der Waals surface area contributed by atoms with E-state index in [1.807, 2.05) is 6.07 Å². The Balaban J connectivity index is 1.78. The SMILES string of the molecule is COc1ccc2c(c1)N(CC1CNCCO1)c1ccccc1C=C2. The molecule has 1 saturated heterocycles. The third-order valence-electron chi connectivity index (χ3n) is 4.59. The number of methoxy groups -OCH3 is 1. The van der Waals surface area contributed by atoms with Crippen LogP contribution in [0.25, 0.3) is 12.2 Å². The zero-order chi connectivity index (χ0) is 16.4. The summed E-state index contributed by atoms with van der Waals surface area (Å²) < 4.78 is 11.4. The topological polar surface area (TPSA) is 33.7 Å². The molecule has 124 valence electrons. The number of nitrogens with one attached hydrogen (secondary N) is 1. The average molecular weight is 322 g/mol. The second kappa shape index (κ2) is 6.67. The Labute approximate surface area is 142 Å². The van der Waals surface area contributed by atoms with Gasteiger partial charge >= 0.3 is 0 Å². The van der Waals surface area contributed by atoms with Crippen molar-refractivity contribution in [2.45, 2.75) is 6.10 Å². The summed E-state index contributed by atoms with van der Waals surface area (Å²) in [5.74, 6) is 0.870.